The number of amides is 3. The Labute approximate surface area is 283 Å². The SMILES string of the molecule is CC(C)(C)c1ccc([C@H]2c3sc(=O)n(CC(=O)Nc4ccccc4C(F)(F)F)c3SC3C(=O)N(c4cccc(C(F)(F)F)c4)C(=O)C32)cc1. The van der Waals surface area contributed by atoms with Gasteiger partial charge in [0.05, 0.1) is 33.4 Å². The molecule has 256 valence electrons. The molecule has 0 bridgehead atoms. The number of anilines is 2. The largest absolute Gasteiger partial charge is 0.418 e. The maximum atomic E-state index is 14.1. The summed E-state index contributed by atoms with van der Waals surface area (Å²) in [6, 6.07) is 15.5. The second kappa shape index (κ2) is 12.2. The van der Waals surface area contributed by atoms with Gasteiger partial charge in [0.15, 0.2) is 0 Å². The number of rotatable bonds is 5. The lowest BCUT2D eigenvalue weighted by Crippen LogP contribution is -2.33. The van der Waals surface area contributed by atoms with Gasteiger partial charge >= 0.3 is 17.2 Å². The molecule has 2 aliphatic rings. The Kier molecular flexibility index (Phi) is 8.58. The van der Waals surface area contributed by atoms with E-state index in [9.17, 15) is 45.5 Å². The van der Waals surface area contributed by atoms with Gasteiger partial charge in [-0.25, -0.2) is 4.90 Å². The second-order valence-corrected chi connectivity index (χ2v) is 14.8. The minimum Gasteiger partial charge on any atom is -0.324 e. The van der Waals surface area contributed by atoms with Crippen LogP contribution in [0.4, 0.5) is 37.7 Å². The van der Waals surface area contributed by atoms with Gasteiger partial charge in [-0.15, -0.1) is 0 Å². The molecule has 3 aromatic carbocycles. The van der Waals surface area contributed by atoms with Crippen LogP contribution < -0.4 is 15.1 Å². The molecule has 6 rings (SSSR count). The number of benzene rings is 3. The fourth-order valence-electron chi connectivity index (χ4n) is 6.05. The van der Waals surface area contributed by atoms with E-state index in [1.165, 1.54) is 18.2 Å². The Morgan fingerprint density at radius 1 is 0.816 bits per heavy atom. The number of thioether (sulfide) groups is 1. The van der Waals surface area contributed by atoms with Crippen LogP contribution in [0, 0.1) is 5.92 Å². The zero-order valence-electron chi connectivity index (χ0n) is 26.0. The summed E-state index contributed by atoms with van der Waals surface area (Å²) in [5, 5.41) is 1.21. The third kappa shape index (κ3) is 6.41. The van der Waals surface area contributed by atoms with Gasteiger partial charge in [0.25, 0.3) is 0 Å². The smallest absolute Gasteiger partial charge is 0.324 e. The molecule has 1 N–H and O–H groups in total. The van der Waals surface area contributed by atoms with Crippen LogP contribution in [0.15, 0.2) is 82.6 Å². The maximum Gasteiger partial charge on any atom is 0.418 e. The maximum absolute atomic E-state index is 14.1. The van der Waals surface area contributed by atoms with Crippen LogP contribution in [0.25, 0.3) is 0 Å². The van der Waals surface area contributed by atoms with E-state index in [2.05, 4.69) is 5.32 Å². The third-order valence-corrected chi connectivity index (χ3v) is 11.0. The van der Waals surface area contributed by atoms with Crippen molar-refractivity contribution >= 4 is 52.2 Å². The number of para-hydroxylation sites is 1. The number of halogens is 6. The van der Waals surface area contributed by atoms with E-state index in [4.69, 9.17) is 0 Å². The summed E-state index contributed by atoms with van der Waals surface area (Å²) in [5.41, 5.74) is -1.61. The summed E-state index contributed by atoms with van der Waals surface area (Å²) in [6.45, 7) is 5.31. The van der Waals surface area contributed by atoms with Crippen LogP contribution in [-0.4, -0.2) is 27.5 Å². The number of fused-ring (bicyclic) bond motifs is 2. The third-order valence-electron chi connectivity index (χ3n) is 8.43. The molecular weight excluding hydrogens is 693 g/mol. The first kappa shape index (κ1) is 34.5. The van der Waals surface area contributed by atoms with Crippen LogP contribution >= 0.6 is 23.1 Å². The Morgan fingerprint density at radius 3 is 2.12 bits per heavy atom. The first-order valence-corrected chi connectivity index (χ1v) is 16.6. The summed E-state index contributed by atoms with van der Waals surface area (Å²) >= 11 is 1.57. The number of aromatic nitrogens is 1. The molecule has 0 aliphatic carbocycles. The number of nitrogens with zero attached hydrogens (tertiary/aromatic N) is 2. The lowest BCUT2D eigenvalue weighted by molar-refractivity contribution is -0.138. The van der Waals surface area contributed by atoms with Crippen molar-refractivity contribution in [1.29, 1.82) is 0 Å². The van der Waals surface area contributed by atoms with Crippen LogP contribution in [0.5, 0.6) is 0 Å². The van der Waals surface area contributed by atoms with Gasteiger partial charge in [0.1, 0.15) is 11.8 Å². The van der Waals surface area contributed by atoms with Gasteiger partial charge in [0.2, 0.25) is 17.7 Å². The number of carbonyl (C=O) groups is 3. The highest BCUT2D eigenvalue weighted by atomic mass is 32.2. The molecule has 49 heavy (non-hydrogen) atoms. The van der Waals surface area contributed by atoms with Crippen molar-refractivity contribution in [2.75, 3.05) is 10.2 Å². The van der Waals surface area contributed by atoms with Crippen molar-refractivity contribution in [2.24, 2.45) is 5.92 Å². The number of nitrogens with one attached hydrogen (secondary N) is 1. The predicted octanol–water partition coefficient (Wildman–Crippen LogP) is 7.68. The van der Waals surface area contributed by atoms with E-state index in [-0.39, 0.29) is 16.1 Å². The van der Waals surface area contributed by atoms with Crippen molar-refractivity contribution in [3.63, 3.8) is 0 Å². The van der Waals surface area contributed by atoms with Crippen LogP contribution in [-0.2, 0) is 38.7 Å². The number of carbonyl (C=O) groups excluding carboxylic acids is 3. The van der Waals surface area contributed by atoms with E-state index in [1.54, 1.807) is 12.1 Å². The zero-order chi connectivity index (χ0) is 35.6. The van der Waals surface area contributed by atoms with Crippen molar-refractivity contribution in [1.82, 2.24) is 4.57 Å². The van der Waals surface area contributed by atoms with Crippen LogP contribution in [0.2, 0.25) is 0 Å². The van der Waals surface area contributed by atoms with E-state index in [0.29, 0.717) is 10.4 Å². The van der Waals surface area contributed by atoms with Gasteiger partial charge in [-0.05, 0) is 46.9 Å². The number of hydrogen-bond acceptors (Lipinski definition) is 6. The average molecular weight is 720 g/mol. The normalized spacial score (nSPS) is 19.5. The molecule has 2 aliphatic heterocycles. The Balaban J connectivity index is 1.42. The number of alkyl halides is 6. The van der Waals surface area contributed by atoms with Gasteiger partial charge in [-0.2, -0.15) is 26.3 Å². The van der Waals surface area contributed by atoms with Crippen molar-refractivity contribution < 1.29 is 40.7 Å². The molecule has 2 unspecified atom stereocenters. The molecule has 15 heteroatoms. The topological polar surface area (TPSA) is 88.5 Å². The number of hydrogen-bond donors (Lipinski definition) is 1. The van der Waals surface area contributed by atoms with Gasteiger partial charge < -0.3 is 5.32 Å². The fourth-order valence-corrected chi connectivity index (χ4v) is 8.83. The highest BCUT2D eigenvalue weighted by Crippen LogP contribution is 2.54. The first-order chi connectivity index (χ1) is 22.9. The molecule has 1 saturated heterocycles. The lowest BCUT2D eigenvalue weighted by Gasteiger charge is -2.31. The second-order valence-electron chi connectivity index (χ2n) is 12.7. The molecule has 0 spiro atoms. The highest BCUT2D eigenvalue weighted by Gasteiger charge is 2.57. The molecule has 1 aromatic heterocycles. The van der Waals surface area contributed by atoms with Crippen LogP contribution in [0.3, 0.4) is 0 Å². The average Bonchev–Trinajstić information content (AvgIpc) is 3.46. The Hall–Kier alpha value is -4.37. The molecule has 0 saturated carbocycles. The summed E-state index contributed by atoms with van der Waals surface area (Å²) < 4.78 is 82.5. The molecule has 3 atom stereocenters. The van der Waals surface area contributed by atoms with Gasteiger partial charge in [0, 0.05) is 10.8 Å². The molecule has 3 amide bonds. The van der Waals surface area contributed by atoms with E-state index >= 15 is 0 Å². The number of thiazole rings is 1. The summed E-state index contributed by atoms with van der Waals surface area (Å²) in [6.07, 6.45) is -9.49. The van der Waals surface area contributed by atoms with Crippen LogP contribution in [0.1, 0.15) is 53.8 Å². The first-order valence-electron chi connectivity index (χ1n) is 14.9. The summed E-state index contributed by atoms with van der Waals surface area (Å²) in [5.74, 6) is -4.48. The van der Waals surface area contributed by atoms with Crippen molar-refractivity contribution in [2.45, 2.75) is 61.3 Å². The molecule has 3 heterocycles. The Bertz CT molecular complexity index is 2030. The monoisotopic (exact) mass is 719 g/mol. The quantitative estimate of drug-likeness (QED) is 0.169. The molecule has 7 nitrogen and oxygen atoms in total. The fraction of sp³-hybridized carbons (Fsp3) is 0.294. The zero-order valence-corrected chi connectivity index (χ0v) is 27.6. The molecule has 1 fully saturated rings. The predicted molar refractivity (Wildman–Crippen MR) is 173 cm³/mol. The lowest BCUT2D eigenvalue weighted by atomic mass is 9.81. The van der Waals surface area contributed by atoms with E-state index < -0.39 is 75.4 Å². The summed E-state index contributed by atoms with van der Waals surface area (Å²) in [4.78, 5) is 55.0. The number of imide groups is 1. The van der Waals surface area contributed by atoms with E-state index in [0.717, 1.165) is 68.5 Å². The summed E-state index contributed by atoms with van der Waals surface area (Å²) in [7, 11) is 0. The van der Waals surface area contributed by atoms with Crippen molar-refractivity contribution in [3.05, 3.63) is 110 Å². The van der Waals surface area contributed by atoms with Gasteiger partial charge in [-0.3, -0.25) is 23.7 Å². The molecule has 0 radical (unpaired) electrons. The Morgan fingerprint density at radius 2 is 1.49 bits per heavy atom. The minimum absolute atomic E-state index is 0.174. The highest BCUT2D eigenvalue weighted by molar-refractivity contribution is 8.00. The standard InChI is InChI=1S/C34H27F6N3O4S2/c1-32(2,3)18-13-11-17(12-14-18)24-25-26(29(46)43(28(25)45)20-8-6-7-19(15-20)33(35,36)37)48-30-27(24)49-31(47)42(30)16-23(44)41-22-10-5-4-9-21(22)34(38,39)40/h4-15,24-26H,16H2,1-3H3,(H,41,44)/t24-,25?,26?/m1/s1. The molecule has 4 aromatic rings. The minimum atomic E-state index is -4.76. The van der Waals surface area contributed by atoms with Crippen molar-refractivity contribution in [3.8, 4) is 0 Å². The van der Waals surface area contributed by atoms with E-state index in [1.807, 2.05) is 32.9 Å². The molecular formula is C34H27F6N3O4S2. The van der Waals surface area contributed by atoms with Gasteiger partial charge in [-0.1, -0.05) is 86.3 Å².